The van der Waals surface area contributed by atoms with Crippen LogP contribution in [0.4, 0.5) is 0 Å². The molecule has 2 N–H and O–H groups in total. The van der Waals surface area contributed by atoms with Crippen LogP contribution in [0, 0.1) is 0 Å². The van der Waals surface area contributed by atoms with Crippen LogP contribution in [-0.2, 0) is 22.4 Å². The van der Waals surface area contributed by atoms with Gasteiger partial charge in [-0.3, -0.25) is 10.4 Å². The fourth-order valence-electron chi connectivity index (χ4n) is 1.88. The van der Waals surface area contributed by atoms with Crippen molar-refractivity contribution in [2.45, 2.75) is 0 Å². The summed E-state index contributed by atoms with van der Waals surface area (Å²) < 4.78 is 0. The van der Waals surface area contributed by atoms with Crippen LogP contribution < -0.4 is 10.2 Å². The first kappa shape index (κ1) is 18.3. The number of nitrogens with zero attached hydrogens (tertiary/aromatic N) is 6. The molecule has 10 nitrogen and oxygen atoms in total. The second-order valence-corrected chi connectivity index (χ2v) is 4.60. The number of aromatic carboxylic acids is 2. The number of rotatable bonds is 2. The molecule has 0 bridgehead atoms. The van der Waals surface area contributed by atoms with Gasteiger partial charge in [-0.25, -0.2) is 9.59 Å². The van der Waals surface area contributed by atoms with Gasteiger partial charge in [0.05, 0.1) is 11.1 Å². The van der Waals surface area contributed by atoms with E-state index in [2.05, 4.69) is 30.8 Å². The number of benzene rings is 2. The van der Waals surface area contributed by atoms with Crippen molar-refractivity contribution in [1.29, 1.82) is 0 Å². The van der Waals surface area contributed by atoms with Crippen molar-refractivity contribution in [3.8, 4) is 0 Å². The van der Waals surface area contributed by atoms with Gasteiger partial charge in [0.15, 0.2) is 0 Å². The molecule has 0 fully saturated rings. The van der Waals surface area contributed by atoms with Crippen molar-refractivity contribution in [3.63, 3.8) is 0 Å². The summed E-state index contributed by atoms with van der Waals surface area (Å²) in [5.74, 6) is -1.94. The summed E-state index contributed by atoms with van der Waals surface area (Å²) in [7, 11) is 0. The number of fused-ring (bicyclic) bond motifs is 2. The second kappa shape index (κ2) is 7.66. The molecule has 0 unspecified atom stereocenters. The van der Waals surface area contributed by atoms with Gasteiger partial charge < -0.3 is 30.6 Å². The van der Waals surface area contributed by atoms with Crippen LogP contribution in [-0.4, -0.2) is 42.8 Å². The van der Waals surface area contributed by atoms with Crippen LogP contribution >= 0.6 is 0 Å². The molecule has 0 saturated heterocycles. The Labute approximate surface area is 154 Å². The minimum Gasteiger partial charge on any atom is -0.478 e. The summed E-state index contributed by atoms with van der Waals surface area (Å²) >= 11 is 0. The van der Waals surface area contributed by atoms with E-state index >= 15 is 0 Å². The number of hydrogen-bond acceptors (Lipinski definition) is 6. The minimum absolute atomic E-state index is 0. The summed E-state index contributed by atoms with van der Waals surface area (Å²) in [5, 5.41) is 38.6. The minimum atomic E-state index is -0.972. The van der Waals surface area contributed by atoms with Crippen molar-refractivity contribution >= 4 is 34.0 Å². The van der Waals surface area contributed by atoms with Crippen LogP contribution in [0.2, 0.25) is 0 Å². The largest absolute Gasteiger partial charge is 3.00 e. The topological polar surface area (TPSA) is 154 Å². The Kier molecular flexibility index (Phi) is 5.60. The molecule has 11 heteroatoms. The Hall–Kier alpha value is -3.08. The smallest absolute Gasteiger partial charge is 0.478 e. The molecule has 0 aliphatic heterocycles. The monoisotopic (exact) mass is 521 g/mol. The van der Waals surface area contributed by atoms with E-state index in [9.17, 15) is 9.59 Å². The zero-order valence-electron chi connectivity index (χ0n) is 12.2. The molecule has 4 rings (SSSR count). The number of carboxylic acid groups (broad SMARTS) is 2. The summed E-state index contributed by atoms with van der Waals surface area (Å²) in [6, 6.07) is 8.99. The van der Waals surface area contributed by atoms with E-state index in [1.807, 2.05) is 0 Å². The first-order chi connectivity index (χ1) is 11.5. The van der Waals surface area contributed by atoms with E-state index in [4.69, 9.17) is 10.2 Å². The summed E-state index contributed by atoms with van der Waals surface area (Å²) in [5.41, 5.74) is 2.64. The van der Waals surface area contributed by atoms with Crippen molar-refractivity contribution < 1.29 is 42.2 Å². The van der Waals surface area contributed by atoms with Gasteiger partial charge in [-0.1, -0.05) is 12.1 Å². The quantitative estimate of drug-likeness (QED) is 0.358. The Morgan fingerprint density at radius 2 is 1.16 bits per heavy atom. The Morgan fingerprint density at radius 3 is 1.52 bits per heavy atom. The molecule has 0 aliphatic rings. The standard InChI is InChI=1S/2C7H5N3O2.Au/c2*11-7(12)4-1-2-5-6(3-4)9-10-8-5;/h2*1-3H,(H2,8,9,10,11,12);/q;;+3/p-2. The van der Waals surface area contributed by atoms with Gasteiger partial charge in [0.1, 0.15) is 0 Å². The average Bonchev–Trinajstić information content (AvgIpc) is 3.22. The van der Waals surface area contributed by atoms with Gasteiger partial charge in [0, 0.05) is 0 Å². The number of hydrogen-bond donors (Lipinski definition) is 2. The van der Waals surface area contributed by atoms with Crippen molar-refractivity contribution in [2.75, 3.05) is 0 Å². The maximum absolute atomic E-state index is 10.5. The van der Waals surface area contributed by atoms with Gasteiger partial charge in [-0.2, -0.15) is 0 Å². The van der Waals surface area contributed by atoms with Crippen LogP contribution in [0.3, 0.4) is 0 Å². The third-order valence-electron chi connectivity index (χ3n) is 3.05. The predicted molar refractivity (Wildman–Crippen MR) is 79.6 cm³/mol. The number of aromatic nitrogens is 6. The van der Waals surface area contributed by atoms with Crippen LogP contribution in [0.15, 0.2) is 36.4 Å². The Balaban J connectivity index is 0.000000173. The van der Waals surface area contributed by atoms with Gasteiger partial charge in [-0.15, -0.1) is 0 Å². The molecule has 25 heavy (non-hydrogen) atoms. The second-order valence-electron chi connectivity index (χ2n) is 4.60. The Bertz CT molecular complexity index is 960. The molecule has 2 heterocycles. The SMILES string of the molecule is O=C(O)c1ccc2[n-]nnc2c1.O=C(O)c1ccc2[n-]nnc2c1.[Au+3]. The van der Waals surface area contributed by atoms with E-state index in [1.54, 1.807) is 12.1 Å². The van der Waals surface area contributed by atoms with Gasteiger partial charge >= 0.3 is 34.3 Å². The molecule has 0 atom stereocenters. The van der Waals surface area contributed by atoms with Crippen LogP contribution in [0.5, 0.6) is 0 Å². The molecule has 2 aromatic carbocycles. The molecular formula is C14H8AuN6O4+. The normalized spacial score (nSPS) is 9.92. The average molecular weight is 521 g/mol. The third-order valence-corrected chi connectivity index (χ3v) is 3.05. The molecule has 0 spiro atoms. The summed E-state index contributed by atoms with van der Waals surface area (Å²) in [6.07, 6.45) is 0. The zero-order valence-corrected chi connectivity index (χ0v) is 14.3. The molecule has 2 aromatic heterocycles. The van der Waals surface area contributed by atoms with Crippen molar-refractivity contribution in [1.82, 2.24) is 30.8 Å². The molecule has 0 radical (unpaired) electrons. The van der Waals surface area contributed by atoms with Crippen LogP contribution in [0.25, 0.3) is 22.1 Å². The fraction of sp³-hybridized carbons (Fsp3) is 0. The van der Waals surface area contributed by atoms with Gasteiger partial charge in [0.2, 0.25) is 0 Å². The molecule has 128 valence electrons. The zero-order chi connectivity index (χ0) is 17.1. The first-order valence-electron chi connectivity index (χ1n) is 6.53. The third kappa shape index (κ3) is 4.07. The van der Waals surface area contributed by atoms with Gasteiger partial charge in [0.25, 0.3) is 0 Å². The van der Waals surface area contributed by atoms with E-state index in [0.717, 1.165) is 0 Å². The van der Waals surface area contributed by atoms with Crippen LogP contribution in [0.1, 0.15) is 20.7 Å². The molecule has 0 amide bonds. The molecule has 0 saturated carbocycles. The summed E-state index contributed by atoms with van der Waals surface area (Å²) in [6.45, 7) is 0. The van der Waals surface area contributed by atoms with E-state index in [0.29, 0.717) is 22.1 Å². The summed E-state index contributed by atoms with van der Waals surface area (Å²) in [4.78, 5) is 21.0. The fourth-order valence-corrected chi connectivity index (χ4v) is 1.88. The van der Waals surface area contributed by atoms with E-state index in [1.165, 1.54) is 24.3 Å². The van der Waals surface area contributed by atoms with Crippen molar-refractivity contribution in [3.05, 3.63) is 47.5 Å². The maximum Gasteiger partial charge on any atom is 3.00 e. The van der Waals surface area contributed by atoms with Gasteiger partial charge in [-0.05, 0) is 46.3 Å². The number of carbonyl (C=O) groups is 2. The van der Waals surface area contributed by atoms with E-state index < -0.39 is 11.9 Å². The van der Waals surface area contributed by atoms with E-state index in [-0.39, 0.29) is 33.5 Å². The molecule has 0 aliphatic carbocycles. The predicted octanol–water partition coefficient (Wildman–Crippen LogP) is 0.568. The Morgan fingerprint density at radius 1 is 0.760 bits per heavy atom. The molecule has 4 aromatic rings. The van der Waals surface area contributed by atoms with Crippen molar-refractivity contribution in [2.24, 2.45) is 0 Å². The molecular weight excluding hydrogens is 513 g/mol. The number of carboxylic acids is 2. The first-order valence-corrected chi connectivity index (χ1v) is 6.53. The maximum atomic E-state index is 10.5.